The van der Waals surface area contributed by atoms with Crippen molar-refractivity contribution in [1.82, 2.24) is 4.98 Å². The van der Waals surface area contributed by atoms with Crippen molar-refractivity contribution in [3.63, 3.8) is 0 Å². The summed E-state index contributed by atoms with van der Waals surface area (Å²) in [4.78, 5) is 4.28. The zero-order chi connectivity index (χ0) is 14.5. The summed E-state index contributed by atoms with van der Waals surface area (Å²) in [6.07, 6.45) is 1.85. The van der Waals surface area contributed by atoms with Crippen LogP contribution in [0.1, 0.15) is 25.0 Å². The van der Waals surface area contributed by atoms with Gasteiger partial charge >= 0.3 is 0 Å². The van der Waals surface area contributed by atoms with Crippen molar-refractivity contribution in [1.29, 1.82) is 0 Å². The van der Waals surface area contributed by atoms with Crippen molar-refractivity contribution < 1.29 is 4.74 Å². The molecule has 0 aliphatic rings. The second-order valence-corrected chi connectivity index (χ2v) is 5.06. The van der Waals surface area contributed by atoms with Crippen molar-refractivity contribution in [2.24, 2.45) is 0 Å². The van der Waals surface area contributed by atoms with E-state index >= 15 is 0 Å². The number of nitrogens with one attached hydrogen (secondary N) is 1. The maximum Gasteiger partial charge on any atom is 0.218 e. The van der Waals surface area contributed by atoms with Gasteiger partial charge in [-0.05, 0) is 44.5 Å². The minimum Gasteiger partial charge on any atom is -0.475 e. The first-order valence-electron chi connectivity index (χ1n) is 6.77. The molecular weight excluding hydrogens is 250 g/mol. The van der Waals surface area contributed by atoms with Gasteiger partial charge in [-0.3, -0.25) is 0 Å². The monoisotopic (exact) mass is 271 g/mol. The lowest BCUT2D eigenvalue weighted by Gasteiger charge is -2.14. The molecule has 0 unspecified atom stereocenters. The van der Waals surface area contributed by atoms with Gasteiger partial charge in [0.25, 0.3) is 0 Å². The molecule has 0 spiro atoms. The number of nitrogens with zero attached hydrogens (tertiary/aromatic N) is 1. The standard InChI is InChI=1S/C16H21N3O/c1-11(2)20-16-13(5-4-8-18-16)10-19-14-7-6-12(3)15(17)9-14/h4-9,11,19H,10,17H2,1-3H3. The second-order valence-electron chi connectivity index (χ2n) is 5.06. The van der Waals surface area contributed by atoms with E-state index in [4.69, 9.17) is 10.5 Å². The number of anilines is 2. The molecule has 4 heteroatoms. The number of pyridine rings is 1. The Balaban J connectivity index is 2.08. The minimum absolute atomic E-state index is 0.110. The highest BCUT2D eigenvalue weighted by molar-refractivity contribution is 5.58. The van der Waals surface area contributed by atoms with E-state index in [1.54, 1.807) is 6.20 Å². The van der Waals surface area contributed by atoms with E-state index in [1.807, 2.05) is 51.1 Å². The summed E-state index contributed by atoms with van der Waals surface area (Å²) in [6, 6.07) is 9.88. The van der Waals surface area contributed by atoms with E-state index in [0.717, 1.165) is 22.5 Å². The lowest BCUT2D eigenvalue weighted by molar-refractivity contribution is 0.230. The lowest BCUT2D eigenvalue weighted by Crippen LogP contribution is -2.10. The van der Waals surface area contributed by atoms with E-state index in [2.05, 4.69) is 10.3 Å². The number of aryl methyl sites for hydroxylation is 1. The number of hydrogen-bond donors (Lipinski definition) is 2. The zero-order valence-corrected chi connectivity index (χ0v) is 12.2. The highest BCUT2D eigenvalue weighted by Gasteiger charge is 2.06. The molecular formula is C16H21N3O. The van der Waals surface area contributed by atoms with Gasteiger partial charge in [-0.1, -0.05) is 12.1 Å². The fourth-order valence-electron chi connectivity index (χ4n) is 1.84. The molecule has 0 saturated carbocycles. The number of aromatic nitrogens is 1. The lowest BCUT2D eigenvalue weighted by atomic mass is 10.2. The quantitative estimate of drug-likeness (QED) is 0.818. The van der Waals surface area contributed by atoms with Gasteiger partial charge in [-0.2, -0.15) is 0 Å². The van der Waals surface area contributed by atoms with Crippen LogP contribution >= 0.6 is 0 Å². The molecule has 0 atom stereocenters. The molecule has 106 valence electrons. The third-order valence-corrected chi connectivity index (χ3v) is 2.96. The predicted molar refractivity (Wildman–Crippen MR) is 82.9 cm³/mol. The van der Waals surface area contributed by atoms with Crippen LogP contribution in [0.4, 0.5) is 11.4 Å². The molecule has 0 aliphatic carbocycles. The molecule has 0 saturated heterocycles. The Labute approximate surface area is 120 Å². The first kappa shape index (κ1) is 14.2. The summed E-state index contributed by atoms with van der Waals surface area (Å²) in [5.41, 5.74) is 9.81. The van der Waals surface area contributed by atoms with Crippen LogP contribution in [0.2, 0.25) is 0 Å². The largest absolute Gasteiger partial charge is 0.475 e. The molecule has 4 nitrogen and oxygen atoms in total. The fraction of sp³-hybridized carbons (Fsp3) is 0.312. The first-order valence-corrected chi connectivity index (χ1v) is 6.77. The summed E-state index contributed by atoms with van der Waals surface area (Å²) < 4.78 is 5.70. The van der Waals surface area contributed by atoms with Gasteiger partial charge in [0.15, 0.2) is 0 Å². The maximum atomic E-state index is 5.91. The molecule has 0 fully saturated rings. The average molecular weight is 271 g/mol. The Morgan fingerprint density at radius 2 is 2.10 bits per heavy atom. The van der Waals surface area contributed by atoms with Gasteiger partial charge in [0.2, 0.25) is 5.88 Å². The van der Waals surface area contributed by atoms with Gasteiger partial charge in [0, 0.05) is 29.7 Å². The predicted octanol–water partition coefficient (Wildman–Crippen LogP) is 3.37. The van der Waals surface area contributed by atoms with E-state index < -0.39 is 0 Å². The number of nitrogen functional groups attached to an aromatic ring is 1. The maximum absolute atomic E-state index is 5.91. The average Bonchev–Trinajstić information content (AvgIpc) is 2.41. The van der Waals surface area contributed by atoms with E-state index in [1.165, 1.54) is 0 Å². The number of ether oxygens (including phenoxy) is 1. The number of benzene rings is 1. The van der Waals surface area contributed by atoms with Crippen molar-refractivity contribution in [3.8, 4) is 5.88 Å². The molecule has 2 aromatic rings. The fourth-order valence-corrected chi connectivity index (χ4v) is 1.84. The Morgan fingerprint density at radius 3 is 2.80 bits per heavy atom. The Morgan fingerprint density at radius 1 is 1.30 bits per heavy atom. The van der Waals surface area contributed by atoms with E-state index in [-0.39, 0.29) is 6.10 Å². The van der Waals surface area contributed by atoms with Crippen LogP contribution in [-0.2, 0) is 6.54 Å². The molecule has 1 aromatic carbocycles. The van der Waals surface area contributed by atoms with Gasteiger partial charge in [0.05, 0.1) is 6.10 Å². The van der Waals surface area contributed by atoms with Crippen LogP contribution in [0.5, 0.6) is 5.88 Å². The molecule has 3 N–H and O–H groups in total. The van der Waals surface area contributed by atoms with Gasteiger partial charge in [-0.25, -0.2) is 4.98 Å². The topological polar surface area (TPSA) is 60.2 Å². The van der Waals surface area contributed by atoms with Gasteiger partial charge in [0.1, 0.15) is 0 Å². The third kappa shape index (κ3) is 3.63. The summed E-state index contributed by atoms with van der Waals surface area (Å²) in [5.74, 6) is 0.676. The Kier molecular flexibility index (Phi) is 4.45. The minimum atomic E-state index is 0.110. The Bertz CT molecular complexity index is 582. The number of hydrogen-bond acceptors (Lipinski definition) is 4. The molecule has 20 heavy (non-hydrogen) atoms. The molecule has 0 bridgehead atoms. The van der Waals surface area contributed by atoms with Crippen LogP contribution in [0.3, 0.4) is 0 Å². The summed E-state index contributed by atoms with van der Waals surface area (Å²) in [7, 11) is 0. The van der Waals surface area contributed by atoms with Crippen molar-refractivity contribution in [3.05, 3.63) is 47.7 Å². The summed E-state index contributed by atoms with van der Waals surface area (Å²) in [5, 5.41) is 3.34. The molecule has 2 rings (SSSR count). The second kappa shape index (κ2) is 6.28. The first-order chi connectivity index (χ1) is 9.56. The normalized spacial score (nSPS) is 10.6. The van der Waals surface area contributed by atoms with Crippen LogP contribution in [0.15, 0.2) is 36.5 Å². The molecule has 1 aromatic heterocycles. The number of nitrogens with two attached hydrogens (primary N) is 1. The Hall–Kier alpha value is -2.23. The summed E-state index contributed by atoms with van der Waals surface area (Å²) in [6.45, 7) is 6.63. The van der Waals surface area contributed by atoms with Crippen LogP contribution in [0.25, 0.3) is 0 Å². The highest BCUT2D eigenvalue weighted by Crippen LogP contribution is 2.20. The molecule has 0 aliphatic heterocycles. The van der Waals surface area contributed by atoms with Crippen molar-refractivity contribution in [2.75, 3.05) is 11.1 Å². The van der Waals surface area contributed by atoms with Crippen molar-refractivity contribution in [2.45, 2.75) is 33.4 Å². The smallest absolute Gasteiger partial charge is 0.218 e. The van der Waals surface area contributed by atoms with Crippen LogP contribution < -0.4 is 15.8 Å². The molecule has 0 amide bonds. The van der Waals surface area contributed by atoms with Crippen molar-refractivity contribution >= 4 is 11.4 Å². The number of rotatable bonds is 5. The van der Waals surface area contributed by atoms with E-state index in [0.29, 0.717) is 12.4 Å². The third-order valence-electron chi connectivity index (χ3n) is 2.96. The zero-order valence-electron chi connectivity index (χ0n) is 12.2. The van der Waals surface area contributed by atoms with Crippen LogP contribution in [-0.4, -0.2) is 11.1 Å². The highest BCUT2D eigenvalue weighted by atomic mass is 16.5. The van der Waals surface area contributed by atoms with E-state index in [9.17, 15) is 0 Å². The summed E-state index contributed by atoms with van der Waals surface area (Å²) >= 11 is 0. The SMILES string of the molecule is Cc1ccc(NCc2cccnc2OC(C)C)cc1N. The molecule has 0 radical (unpaired) electrons. The molecule has 1 heterocycles. The van der Waals surface area contributed by atoms with Gasteiger partial charge < -0.3 is 15.8 Å². The van der Waals surface area contributed by atoms with Crippen LogP contribution in [0, 0.1) is 6.92 Å². The van der Waals surface area contributed by atoms with Gasteiger partial charge in [-0.15, -0.1) is 0 Å².